The fourth-order valence-electron chi connectivity index (χ4n) is 2.88. The number of rotatable bonds is 2. The van der Waals surface area contributed by atoms with E-state index in [4.69, 9.17) is 0 Å². The van der Waals surface area contributed by atoms with Gasteiger partial charge in [-0.1, -0.05) is 6.92 Å². The maximum absolute atomic E-state index is 11.9. The normalized spacial score (nSPS) is 26.5. The molecular weight excluding hydrogens is 298 g/mol. The largest absolute Gasteiger partial charge is 0.352 e. The summed E-state index contributed by atoms with van der Waals surface area (Å²) in [4.78, 5) is 26.9. The fraction of sp³-hybridized carbons (Fsp3) is 0.667. The van der Waals surface area contributed by atoms with E-state index in [1.54, 1.807) is 11.2 Å². The van der Waals surface area contributed by atoms with Crippen LogP contribution >= 0.6 is 11.8 Å². The van der Waals surface area contributed by atoms with Gasteiger partial charge in [-0.3, -0.25) is 4.79 Å². The van der Waals surface area contributed by atoms with E-state index in [1.807, 2.05) is 29.8 Å². The van der Waals surface area contributed by atoms with E-state index in [0.717, 1.165) is 37.0 Å². The number of amides is 1. The van der Waals surface area contributed by atoms with Gasteiger partial charge < -0.3 is 14.7 Å². The highest BCUT2D eigenvalue weighted by molar-refractivity contribution is 8.00. The van der Waals surface area contributed by atoms with E-state index < -0.39 is 0 Å². The zero-order valence-electron chi connectivity index (χ0n) is 13.4. The third-order valence-corrected chi connectivity index (χ3v) is 5.94. The van der Waals surface area contributed by atoms with Gasteiger partial charge in [-0.05, 0) is 6.92 Å². The van der Waals surface area contributed by atoms with Crippen LogP contribution in [0, 0.1) is 0 Å². The summed E-state index contributed by atoms with van der Waals surface area (Å²) in [5, 5.41) is 0.595. The van der Waals surface area contributed by atoms with Crippen LogP contribution in [0.5, 0.6) is 0 Å². The third kappa shape index (κ3) is 2.99. The van der Waals surface area contributed by atoms with Gasteiger partial charge in [0.2, 0.25) is 5.91 Å². The Hall–Kier alpha value is -1.50. The quantitative estimate of drug-likeness (QED) is 0.813. The Morgan fingerprint density at radius 2 is 1.95 bits per heavy atom. The maximum Gasteiger partial charge on any atom is 0.241 e. The number of likely N-dealkylation sites (N-methyl/N-ethyl adjacent to an activating group) is 1. The van der Waals surface area contributed by atoms with E-state index in [0.29, 0.717) is 17.8 Å². The van der Waals surface area contributed by atoms with Crippen molar-refractivity contribution < 1.29 is 4.79 Å². The van der Waals surface area contributed by atoms with Gasteiger partial charge in [0, 0.05) is 49.8 Å². The Labute approximate surface area is 135 Å². The van der Waals surface area contributed by atoms with E-state index in [1.165, 1.54) is 0 Å². The lowest BCUT2D eigenvalue weighted by atomic mass is 10.2. The molecule has 1 aromatic rings. The molecule has 2 saturated heterocycles. The molecule has 22 heavy (non-hydrogen) atoms. The van der Waals surface area contributed by atoms with Crippen molar-refractivity contribution in [3.63, 3.8) is 0 Å². The Morgan fingerprint density at radius 3 is 2.73 bits per heavy atom. The first-order valence-electron chi connectivity index (χ1n) is 7.75. The topological polar surface area (TPSA) is 52.6 Å². The van der Waals surface area contributed by atoms with E-state index >= 15 is 0 Å². The number of carbonyl (C=O) groups excluding carboxylic acids is 1. The van der Waals surface area contributed by atoms with Crippen LogP contribution in [-0.2, 0) is 4.79 Å². The minimum Gasteiger partial charge on any atom is -0.352 e. The average molecular weight is 321 g/mol. The number of piperazine rings is 1. The van der Waals surface area contributed by atoms with Gasteiger partial charge in [0.25, 0.3) is 0 Å². The van der Waals surface area contributed by atoms with Crippen LogP contribution in [-0.4, -0.2) is 71.0 Å². The second-order valence-electron chi connectivity index (χ2n) is 5.98. The first-order valence-corrected chi connectivity index (χ1v) is 8.80. The molecule has 0 spiro atoms. The molecule has 2 unspecified atom stereocenters. The molecule has 0 bridgehead atoms. The molecule has 2 atom stereocenters. The Kier molecular flexibility index (Phi) is 4.42. The third-order valence-electron chi connectivity index (χ3n) is 4.60. The number of thioether (sulfide) groups is 1. The molecule has 0 aromatic carbocycles. The number of nitrogens with zero attached hydrogens (tertiary/aromatic N) is 5. The monoisotopic (exact) mass is 321 g/mol. The Balaban J connectivity index is 1.79. The van der Waals surface area contributed by atoms with Crippen molar-refractivity contribution >= 4 is 29.3 Å². The Bertz CT molecular complexity index is 554. The van der Waals surface area contributed by atoms with Crippen LogP contribution in [0.2, 0.25) is 0 Å². The lowest BCUT2D eigenvalue weighted by Gasteiger charge is -2.39. The van der Waals surface area contributed by atoms with Crippen molar-refractivity contribution in [2.24, 2.45) is 0 Å². The predicted molar refractivity (Wildman–Crippen MR) is 90.6 cm³/mol. The van der Waals surface area contributed by atoms with Crippen molar-refractivity contribution in [3.05, 3.63) is 12.4 Å². The fourth-order valence-corrected chi connectivity index (χ4v) is 3.98. The molecule has 1 aromatic heterocycles. The van der Waals surface area contributed by atoms with Crippen LogP contribution in [0.15, 0.2) is 12.4 Å². The average Bonchev–Trinajstić information content (AvgIpc) is 2.53. The van der Waals surface area contributed by atoms with Crippen molar-refractivity contribution in [1.29, 1.82) is 0 Å². The first kappa shape index (κ1) is 15.4. The first-order chi connectivity index (χ1) is 10.6. The molecule has 3 heterocycles. The molecular formula is C15H23N5OS. The minimum absolute atomic E-state index is 0.141. The number of carbonyl (C=O) groups is 1. The summed E-state index contributed by atoms with van der Waals surface area (Å²) < 4.78 is 0. The summed E-state index contributed by atoms with van der Waals surface area (Å²) in [5.74, 6) is 3.08. The zero-order chi connectivity index (χ0) is 15.7. The van der Waals surface area contributed by atoms with Crippen molar-refractivity contribution in [2.45, 2.75) is 25.1 Å². The summed E-state index contributed by atoms with van der Waals surface area (Å²) in [6.07, 6.45) is 1.62. The van der Waals surface area contributed by atoms with Gasteiger partial charge in [-0.2, -0.15) is 11.8 Å². The molecule has 7 heteroatoms. The summed E-state index contributed by atoms with van der Waals surface area (Å²) in [6.45, 7) is 7.48. The molecule has 0 N–H and O–H groups in total. The summed E-state index contributed by atoms with van der Waals surface area (Å²) in [5.41, 5.74) is 0. The standard InChI is InChI=1S/C15H23N5OS/c1-11-12(2)22-7-6-20(11)14-8-13(16-10-17-14)19-5-4-18(3)15(21)9-19/h8,10-12H,4-7,9H2,1-3H3. The molecule has 2 aliphatic rings. The molecule has 1 amide bonds. The van der Waals surface area contributed by atoms with Crippen LogP contribution in [0.25, 0.3) is 0 Å². The molecule has 120 valence electrons. The number of aromatic nitrogens is 2. The van der Waals surface area contributed by atoms with Crippen LogP contribution in [0.3, 0.4) is 0 Å². The lowest BCUT2D eigenvalue weighted by molar-refractivity contribution is -0.129. The summed E-state index contributed by atoms with van der Waals surface area (Å²) >= 11 is 2.01. The van der Waals surface area contributed by atoms with Crippen molar-refractivity contribution in [3.8, 4) is 0 Å². The van der Waals surface area contributed by atoms with Crippen molar-refractivity contribution in [2.75, 3.05) is 48.8 Å². The van der Waals surface area contributed by atoms with Gasteiger partial charge in [0.05, 0.1) is 6.54 Å². The van der Waals surface area contributed by atoms with Crippen LogP contribution < -0.4 is 9.80 Å². The molecule has 0 aliphatic carbocycles. The van der Waals surface area contributed by atoms with E-state index in [9.17, 15) is 4.79 Å². The molecule has 3 rings (SSSR count). The molecule has 6 nitrogen and oxygen atoms in total. The number of anilines is 2. The highest BCUT2D eigenvalue weighted by atomic mass is 32.2. The Morgan fingerprint density at radius 1 is 1.18 bits per heavy atom. The molecule has 0 radical (unpaired) electrons. The van der Waals surface area contributed by atoms with E-state index in [2.05, 4.69) is 28.7 Å². The zero-order valence-corrected chi connectivity index (χ0v) is 14.2. The second-order valence-corrected chi connectivity index (χ2v) is 7.47. The van der Waals surface area contributed by atoms with Crippen molar-refractivity contribution in [1.82, 2.24) is 14.9 Å². The molecule has 2 aliphatic heterocycles. The minimum atomic E-state index is 0.141. The highest BCUT2D eigenvalue weighted by Crippen LogP contribution is 2.29. The van der Waals surface area contributed by atoms with Gasteiger partial charge in [0.1, 0.15) is 18.0 Å². The van der Waals surface area contributed by atoms with Gasteiger partial charge in [-0.15, -0.1) is 0 Å². The summed E-state index contributed by atoms with van der Waals surface area (Å²) in [6, 6.07) is 2.48. The second kappa shape index (κ2) is 6.32. The number of hydrogen-bond acceptors (Lipinski definition) is 6. The molecule has 0 saturated carbocycles. The van der Waals surface area contributed by atoms with Gasteiger partial charge in [-0.25, -0.2) is 9.97 Å². The van der Waals surface area contributed by atoms with Gasteiger partial charge >= 0.3 is 0 Å². The number of hydrogen-bond donors (Lipinski definition) is 0. The van der Waals surface area contributed by atoms with Crippen LogP contribution in [0.4, 0.5) is 11.6 Å². The lowest BCUT2D eigenvalue weighted by Crippen LogP contribution is -2.49. The summed E-state index contributed by atoms with van der Waals surface area (Å²) in [7, 11) is 1.85. The smallest absolute Gasteiger partial charge is 0.241 e. The van der Waals surface area contributed by atoms with Gasteiger partial charge in [0.15, 0.2) is 0 Å². The van der Waals surface area contributed by atoms with E-state index in [-0.39, 0.29) is 5.91 Å². The van der Waals surface area contributed by atoms with Crippen LogP contribution in [0.1, 0.15) is 13.8 Å². The predicted octanol–water partition coefficient (Wildman–Crippen LogP) is 1.09. The molecule has 2 fully saturated rings. The maximum atomic E-state index is 11.9. The highest BCUT2D eigenvalue weighted by Gasteiger charge is 2.27. The SMILES string of the molecule is CC1SCCN(c2cc(N3CCN(C)C(=O)C3)ncn2)C1C.